The van der Waals surface area contributed by atoms with Crippen LogP contribution in [-0.2, 0) is 0 Å². The molecule has 3 aromatic rings. The number of anilines is 3. The predicted molar refractivity (Wildman–Crippen MR) is 92.5 cm³/mol. The standard InChI is InChI=1S/C17H17N5O2/c1-2-24-15-9-13(7-8-19-15)20-17-14(10-23)16(21-22-17)11-3-5-12(18)6-4-11/h3-10H,2,18H2,1H3,(H2,19,20,21,22). The lowest BCUT2D eigenvalue weighted by Crippen LogP contribution is -1.98. The van der Waals surface area contributed by atoms with Crippen LogP contribution in [0.15, 0.2) is 42.6 Å². The summed E-state index contributed by atoms with van der Waals surface area (Å²) in [5.74, 6) is 0.940. The fourth-order valence-electron chi connectivity index (χ4n) is 2.28. The van der Waals surface area contributed by atoms with Crippen molar-refractivity contribution in [2.45, 2.75) is 6.92 Å². The van der Waals surface area contributed by atoms with Gasteiger partial charge in [0.2, 0.25) is 5.88 Å². The lowest BCUT2D eigenvalue weighted by atomic mass is 10.1. The summed E-state index contributed by atoms with van der Waals surface area (Å²) in [7, 11) is 0. The van der Waals surface area contributed by atoms with Crippen molar-refractivity contribution in [3.05, 3.63) is 48.2 Å². The second kappa shape index (κ2) is 6.82. The van der Waals surface area contributed by atoms with Gasteiger partial charge >= 0.3 is 0 Å². The highest BCUT2D eigenvalue weighted by Gasteiger charge is 2.14. The summed E-state index contributed by atoms with van der Waals surface area (Å²) >= 11 is 0. The molecule has 0 aliphatic carbocycles. The van der Waals surface area contributed by atoms with Gasteiger partial charge in [-0.3, -0.25) is 9.89 Å². The fourth-order valence-corrected chi connectivity index (χ4v) is 2.28. The Hall–Kier alpha value is -3.35. The topological polar surface area (TPSA) is 106 Å². The molecule has 7 heteroatoms. The zero-order valence-electron chi connectivity index (χ0n) is 13.1. The third-order valence-electron chi connectivity index (χ3n) is 3.41. The van der Waals surface area contributed by atoms with E-state index in [0.29, 0.717) is 35.2 Å². The van der Waals surface area contributed by atoms with Crippen LogP contribution in [-0.4, -0.2) is 28.1 Å². The Morgan fingerprint density at radius 1 is 1.29 bits per heavy atom. The number of hydrogen-bond donors (Lipinski definition) is 3. The number of carbonyl (C=O) groups is 1. The van der Waals surface area contributed by atoms with Crippen molar-refractivity contribution in [1.82, 2.24) is 15.2 Å². The average Bonchev–Trinajstić information content (AvgIpc) is 2.99. The van der Waals surface area contributed by atoms with Crippen LogP contribution in [0.2, 0.25) is 0 Å². The molecule has 1 aromatic carbocycles. The Kier molecular flexibility index (Phi) is 4.42. The Bertz CT molecular complexity index is 842. The summed E-state index contributed by atoms with van der Waals surface area (Å²) < 4.78 is 5.37. The zero-order chi connectivity index (χ0) is 16.9. The van der Waals surface area contributed by atoms with E-state index in [0.717, 1.165) is 17.5 Å². The predicted octanol–water partition coefficient (Wildman–Crippen LogP) is 3.01. The summed E-state index contributed by atoms with van der Waals surface area (Å²) in [4.78, 5) is 15.6. The van der Waals surface area contributed by atoms with Gasteiger partial charge in [-0.2, -0.15) is 5.10 Å². The number of rotatable bonds is 6. The second-order valence-electron chi connectivity index (χ2n) is 5.04. The van der Waals surface area contributed by atoms with E-state index in [4.69, 9.17) is 10.5 Å². The van der Waals surface area contributed by atoms with Crippen LogP contribution in [0.3, 0.4) is 0 Å². The van der Waals surface area contributed by atoms with Gasteiger partial charge in [0, 0.05) is 29.2 Å². The number of H-pyrrole nitrogens is 1. The summed E-state index contributed by atoms with van der Waals surface area (Å²) in [6.45, 7) is 2.42. The molecule has 0 amide bonds. The molecule has 0 saturated heterocycles. The van der Waals surface area contributed by atoms with Crippen LogP contribution in [0.5, 0.6) is 5.88 Å². The first-order valence-electron chi connectivity index (χ1n) is 7.46. The van der Waals surface area contributed by atoms with Gasteiger partial charge in [0.25, 0.3) is 0 Å². The zero-order valence-corrected chi connectivity index (χ0v) is 13.1. The van der Waals surface area contributed by atoms with E-state index >= 15 is 0 Å². The van der Waals surface area contributed by atoms with Gasteiger partial charge in [-0.25, -0.2) is 4.98 Å². The van der Waals surface area contributed by atoms with Gasteiger partial charge in [-0.05, 0) is 25.1 Å². The molecule has 4 N–H and O–H groups in total. The molecule has 2 heterocycles. The number of pyridine rings is 1. The van der Waals surface area contributed by atoms with Crippen LogP contribution in [0.1, 0.15) is 17.3 Å². The molecular formula is C17H17N5O2. The number of aromatic nitrogens is 3. The smallest absolute Gasteiger partial charge is 0.215 e. The van der Waals surface area contributed by atoms with Crippen LogP contribution < -0.4 is 15.8 Å². The van der Waals surface area contributed by atoms with Crippen LogP contribution >= 0.6 is 0 Å². The Balaban J connectivity index is 1.91. The summed E-state index contributed by atoms with van der Waals surface area (Å²) in [6, 6.07) is 10.7. The SMILES string of the molecule is CCOc1cc(Nc2n[nH]c(-c3ccc(N)cc3)c2C=O)ccn1. The molecular weight excluding hydrogens is 306 g/mol. The molecule has 0 aliphatic heterocycles. The third kappa shape index (κ3) is 3.19. The number of nitrogens with one attached hydrogen (secondary N) is 2. The molecule has 2 aromatic heterocycles. The molecule has 0 spiro atoms. The number of nitrogens with zero attached hydrogens (tertiary/aromatic N) is 2. The van der Waals surface area contributed by atoms with Crippen molar-refractivity contribution >= 4 is 23.5 Å². The molecule has 24 heavy (non-hydrogen) atoms. The Morgan fingerprint density at radius 2 is 2.08 bits per heavy atom. The number of nitrogen functional groups attached to an aromatic ring is 1. The van der Waals surface area contributed by atoms with Gasteiger partial charge in [-0.1, -0.05) is 12.1 Å². The number of benzene rings is 1. The number of ether oxygens (including phenoxy) is 1. The van der Waals surface area contributed by atoms with Crippen LogP contribution in [0.25, 0.3) is 11.3 Å². The molecule has 122 valence electrons. The van der Waals surface area contributed by atoms with Crippen molar-refractivity contribution in [1.29, 1.82) is 0 Å². The minimum absolute atomic E-state index is 0.436. The van der Waals surface area contributed by atoms with Crippen molar-refractivity contribution in [3.8, 4) is 17.1 Å². The van der Waals surface area contributed by atoms with Crippen molar-refractivity contribution in [3.63, 3.8) is 0 Å². The van der Waals surface area contributed by atoms with Crippen molar-refractivity contribution < 1.29 is 9.53 Å². The van der Waals surface area contributed by atoms with E-state index in [1.165, 1.54) is 0 Å². The van der Waals surface area contributed by atoms with E-state index < -0.39 is 0 Å². The van der Waals surface area contributed by atoms with Gasteiger partial charge in [0.15, 0.2) is 12.1 Å². The maximum atomic E-state index is 11.5. The average molecular weight is 323 g/mol. The first-order valence-corrected chi connectivity index (χ1v) is 7.46. The molecule has 0 fully saturated rings. The molecule has 0 saturated carbocycles. The molecule has 0 atom stereocenters. The molecule has 0 radical (unpaired) electrons. The minimum atomic E-state index is 0.436. The highest BCUT2D eigenvalue weighted by atomic mass is 16.5. The summed E-state index contributed by atoms with van der Waals surface area (Å²) in [5.41, 5.74) is 8.98. The van der Waals surface area contributed by atoms with Gasteiger partial charge in [0.1, 0.15) is 0 Å². The van der Waals surface area contributed by atoms with E-state index in [2.05, 4.69) is 20.5 Å². The third-order valence-corrected chi connectivity index (χ3v) is 3.41. The summed E-state index contributed by atoms with van der Waals surface area (Å²) in [5, 5.41) is 10.2. The first kappa shape index (κ1) is 15.5. The Morgan fingerprint density at radius 3 is 2.79 bits per heavy atom. The van der Waals surface area contributed by atoms with E-state index in [-0.39, 0.29) is 0 Å². The first-order chi connectivity index (χ1) is 11.7. The van der Waals surface area contributed by atoms with Crippen molar-refractivity contribution in [2.24, 2.45) is 0 Å². The van der Waals surface area contributed by atoms with Crippen LogP contribution in [0.4, 0.5) is 17.2 Å². The minimum Gasteiger partial charge on any atom is -0.478 e. The number of nitrogens with two attached hydrogens (primary N) is 1. The monoisotopic (exact) mass is 323 g/mol. The fraction of sp³-hybridized carbons (Fsp3) is 0.118. The second-order valence-corrected chi connectivity index (χ2v) is 5.04. The van der Waals surface area contributed by atoms with Gasteiger partial charge in [-0.15, -0.1) is 0 Å². The molecule has 0 unspecified atom stereocenters. The van der Waals surface area contributed by atoms with E-state index in [9.17, 15) is 4.79 Å². The van der Waals surface area contributed by atoms with Gasteiger partial charge in [0.05, 0.1) is 17.9 Å². The molecule has 0 bridgehead atoms. The number of aromatic amines is 1. The highest BCUT2D eigenvalue weighted by Crippen LogP contribution is 2.28. The lowest BCUT2D eigenvalue weighted by Gasteiger charge is -2.06. The highest BCUT2D eigenvalue weighted by molar-refractivity contribution is 5.93. The molecule has 0 aliphatic rings. The quantitative estimate of drug-likeness (QED) is 0.475. The van der Waals surface area contributed by atoms with Crippen molar-refractivity contribution in [2.75, 3.05) is 17.7 Å². The molecule has 7 nitrogen and oxygen atoms in total. The van der Waals surface area contributed by atoms with Gasteiger partial charge < -0.3 is 15.8 Å². The largest absolute Gasteiger partial charge is 0.478 e. The van der Waals surface area contributed by atoms with E-state index in [1.54, 1.807) is 30.5 Å². The number of carbonyl (C=O) groups excluding carboxylic acids is 1. The lowest BCUT2D eigenvalue weighted by molar-refractivity contribution is 0.112. The number of aldehydes is 1. The molecule has 3 rings (SSSR count). The maximum Gasteiger partial charge on any atom is 0.215 e. The number of hydrogen-bond acceptors (Lipinski definition) is 6. The maximum absolute atomic E-state index is 11.5. The summed E-state index contributed by atoms with van der Waals surface area (Å²) in [6.07, 6.45) is 2.39. The Labute approximate surface area is 138 Å². The normalized spacial score (nSPS) is 10.4. The van der Waals surface area contributed by atoms with E-state index in [1.807, 2.05) is 19.1 Å². The van der Waals surface area contributed by atoms with Crippen LogP contribution in [0, 0.1) is 0 Å².